The average Bonchev–Trinajstić information content (AvgIpc) is 2.81. The third kappa shape index (κ3) is 2.19. The van der Waals surface area contributed by atoms with Gasteiger partial charge in [0.2, 0.25) is 5.78 Å². The number of carbonyl (C=O) groups excluding carboxylic acids is 1. The molecule has 3 aromatic rings. The van der Waals surface area contributed by atoms with Crippen molar-refractivity contribution in [3.05, 3.63) is 69.7 Å². The largest absolute Gasteiger partial charge is 0.453 e. The molecule has 20 heavy (non-hydrogen) atoms. The van der Waals surface area contributed by atoms with Gasteiger partial charge >= 0.3 is 0 Å². The number of furan rings is 1. The monoisotopic (exact) mass is 308 g/mol. The van der Waals surface area contributed by atoms with Crippen LogP contribution in [0.1, 0.15) is 16.1 Å². The van der Waals surface area contributed by atoms with E-state index in [4.69, 9.17) is 27.6 Å². The van der Waals surface area contributed by atoms with E-state index < -0.39 is 11.6 Å². The second kappa shape index (κ2) is 4.93. The van der Waals surface area contributed by atoms with E-state index >= 15 is 0 Å². The fourth-order valence-electron chi connectivity index (χ4n) is 1.96. The average molecular weight is 309 g/mol. The Labute approximate surface area is 123 Å². The molecule has 0 bridgehead atoms. The predicted molar refractivity (Wildman–Crippen MR) is 76.1 cm³/mol. The van der Waals surface area contributed by atoms with E-state index in [1.807, 2.05) is 0 Å². The minimum absolute atomic E-state index is 0.0700. The van der Waals surface area contributed by atoms with Crippen LogP contribution in [0, 0.1) is 5.82 Å². The maximum Gasteiger partial charge on any atom is 0.231 e. The van der Waals surface area contributed by atoms with Crippen molar-refractivity contribution >= 4 is 40.0 Å². The van der Waals surface area contributed by atoms with E-state index in [0.29, 0.717) is 11.0 Å². The molecular weight excluding hydrogens is 302 g/mol. The number of ketones is 1. The molecule has 0 fully saturated rings. The van der Waals surface area contributed by atoms with Crippen LogP contribution in [0.25, 0.3) is 11.0 Å². The van der Waals surface area contributed by atoms with Gasteiger partial charge in [-0.15, -0.1) is 0 Å². The van der Waals surface area contributed by atoms with Crippen LogP contribution in [0.4, 0.5) is 4.39 Å². The third-order valence-electron chi connectivity index (χ3n) is 2.89. The fraction of sp³-hybridized carbons (Fsp3) is 0. The second-order valence-electron chi connectivity index (χ2n) is 4.22. The molecule has 0 aliphatic carbocycles. The number of carbonyl (C=O) groups is 1. The van der Waals surface area contributed by atoms with E-state index in [9.17, 15) is 9.18 Å². The third-order valence-corrected chi connectivity index (χ3v) is 3.52. The van der Waals surface area contributed by atoms with Gasteiger partial charge in [0.15, 0.2) is 5.76 Å². The maximum atomic E-state index is 13.1. The Morgan fingerprint density at radius 2 is 1.75 bits per heavy atom. The van der Waals surface area contributed by atoms with Crippen LogP contribution in [-0.2, 0) is 0 Å². The van der Waals surface area contributed by atoms with E-state index in [0.717, 1.165) is 0 Å². The summed E-state index contributed by atoms with van der Waals surface area (Å²) in [5.41, 5.74) is 0.605. The topological polar surface area (TPSA) is 30.2 Å². The van der Waals surface area contributed by atoms with Crippen LogP contribution >= 0.6 is 23.2 Å². The van der Waals surface area contributed by atoms with Crippen LogP contribution in [0.2, 0.25) is 10.0 Å². The summed E-state index contributed by atoms with van der Waals surface area (Å²) in [5, 5.41) is 1.000. The molecule has 100 valence electrons. The summed E-state index contributed by atoms with van der Waals surface area (Å²) in [6.07, 6.45) is 0. The van der Waals surface area contributed by atoms with E-state index in [-0.39, 0.29) is 21.4 Å². The SMILES string of the molecule is O=C(c1cc2cc(F)ccc2o1)c1c(Cl)cccc1Cl. The minimum atomic E-state index is -0.433. The highest BCUT2D eigenvalue weighted by atomic mass is 35.5. The Hall–Kier alpha value is -1.84. The Morgan fingerprint density at radius 1 is 1.05 bits per heavy atom. The van der Waals surface area contributed by atoms with Crippen molar-refractivity contribution in [3.63, 3.8) is 0 Å². The zero-order valence-electron chi connectivity index (χ0n) is 9.99. The van der Waals surface area contributed by atoms with Crippen LogP contribution in [0.5, 0.6) is 0 Å². The van der Waals surface area contributed by atoms with Gasteiger partial charge in [-0.25, -0.2) is 4.39 Å². The smallest absolute Gasteiger partial charge is 0.231 e. The highest BCUT2D eigenvalue weighted by molar-refractivity contribution is 6.40. The number of fused-ring (bicyclic) bond motifs is 1. The van der Waals surface area contributed by atoms with Gasteiger partial charge in [0.25, 0.3) is 0 Å². The van der Waals surface area contributed by atoms with Crippen molar-refractivity contribution in [2.75, 3.05) is 0 Å². The van der Waals surface area contributed by atoms with Crippen molar-refractivity contribution in [2.24, 2.45) is 0 Å². The first kappa shape index (κ1) is 13.2. The summed E-state index contributed by atoms with van der Waals surface area (Å²) >= 11 is 12.0. The normalized spacial score (nSPS) is 10.9. The molecule has 1 aromatic heterocycles. The molecule has 0 aliphatic heterocycles. The molecule has 2 aromatic carbocycles. The van der Waals surface area contributed by atoms with Crippen molar-refractivity contribution in [1.29, 1.82) is 0 Å². The summed E-state index contributed by atoms with van der Waals surface area (Å²) < 4.78 is 18.5. The number of rotatable bonds is 2. The molecule has 0 atom stereocenters. The van der Waals surface area contributed by atoms with Gasteiger partial charge in [0.05, 0.1) is 15.6 Å². The van der Waals surface area contributed by atoms with Crippen LogP contribution in [0.3, 0.4) is 0 Å². The molecular formula is C15H7Cl2FO2. The van der Waals surface area contributed by atoms with Gasteiger partial charge in [-0.3, -0.25) is 4.79 Å². The Morgan fingerprint density at radius 3 is 2.45 bits per heavy atom. The molecule has 0 radical (unpaired) electrons. The molecule has 3 rings (SSSR count). The van der Waals surface area contributed by atoms with Gasteiger partial charge in [-0.05, 0) is 36.4 Å². The Kier molecular flexibility index (Phi) is 3.24. The molecule has 0 saturated heterocycles. The molecule has 0 N–H and O–H groups in total. The van der Waals surface area contributed by atoms with Crippen molar-refractivity contribution in [2.45, 2.75) is 0 Å². The molecule has 1 heterocycles. The van der Waals surface area contributed by atoms with Crippen molar-refractivity contribution in [3.8, 4) is 0 Å². The lowest BCUT2D eigenvalue weighted by atomic mass is 10.1. The summed E-state index contributed by atoms with van der Waals surface area (Å²) in [7, 11) is 0. The highest BCUT2D eigenvalue weighted by Crippen LogP contribution is 2.29. The molecule has 0 unspecified atom stereocenters. The first-order chi connectivity index (χ1) is 9.56. The van der Waals surface area contributed by atoms with Gasteiger partial charge in [0, 0.05) is 5.39 Å². The van der Waals surface area contributed by atoms with Crippen LogP contribution in [-0.4, -0.2) is 5.78 Å². The number of hydrogen-bond acceptors (Lipinski definition) is 2. The van der Waals surface area contributed by atoms with Gasteiger partial charge in [0.1, 0.15) is 11.4 Å². The molecule has 2 nitrogen and oxygen atoms in total. The van der Waals surface area contributed by atoms with E-state index in [1.54, 1.807) is 18.2 Å². The summed E-state index contributed by atoms with van der Waals surface area (Å²) in [5.74, 6) is -0.758. The van der Waals surface area contributed by atoms with Crippen molar-refractivity contribution < 1.29 is 13.6 Å². The van der Waals surface area contributed by atoms with Crippen LogP contribution < -0.4 is 0 Å². The lowest BCUT2D eigenvalue weighted by molar-refractivity contribution is 0.101. The van der Waals surface area contributed by atoms with Crippen LogP contribution in [0.15, 0.2) is 46.9 Å². The van der Waals surface area contributed by atoms with Gasteiger partial charge in [-0.1, -0.05) is 29.3 Å². The molecule has 0 saturated carbocycles. The molecule has 0 aliphatic rings. The van der Waals surface area contributed by atoms with Gasteiger partial charge < -0.3 is 4.42 Å². The quantitative estimate of drug-likeness (QED) is 0.616. The molecule has 0 amide bonds. The predicted octanol–water partition coefficient (Wildman–Crippen LogP) is 5.11. The van der Waals surface area contributed by atoms with Gasteiger partial charge in [-0.2, -0.15) is 0 Å². The first-order valence-electron chi connectivity index (χ1n) is 5.74. The number of hydrogen-bond donors (Lipinski definition) is 0. The minimum Gasteiger partial charge on any atom is -0.453 e. The zero-order chi connectivity index (χ0) is 14.3. The number of halogens is 3. The lowest BCUT2D eigenvalue weighted by Crippen LogP contribution is -2.01. The fourth-order valence-corrected chi connectivity index (χ4v) is 2.53. The zero-order valence-corrected chi connectivity index (χ0v) is 11.5. The number of benzene rings is 2. The second-order valence-corrected chi connectivity index (χ2v) is 5.03. The highest BCUT2D eigenvalue weighted by Gasteiger charge is 2.20. The van der Waals surface area contributed by atoms with E-state index in [2.05, 4.69) is 0 Å². The Balaban J connectivity index is 2.13. The summed E-state index contributed by atoms with van der Waals surface area (Å²) in [6.45, 7) is 0. The van der Waals surface area contributed by atoms with E-state index in [1.165, 1.54) is 24.3 Å². The molecule has 5 heteroatoms. The standard InChI is InChI=1S/C15H7Cl2FO2/c16-10-2-1-3-11(17)14(10)15(19)13-7-8-6-9(18)4-5-12(8)20-13/h1-7H. The maximum absolute atomic E-state index is 13.1. The summed E-state index contributed by atoms with van der Waals surface area (Å²) in [6, 6.07) is 10.3. The summed E-state index contributed by atoms with van der Waals surface area (Å²) in [4.78, 5) is 12.4. The van der Waals surface area contributed by atoms with Crippen molar-refractivity contribution in [1.82, 2.24) is 0 Å². The Bertz CT molecular complexity index is 804. The molecule has 0 spiro atoms. The first-order valence-corrected chi connectivity index (χ1v) is 6.49. The lowest BCUT2D eigenvalue weighted by Gasteiger charge is -2.03.